The third-order valence-corrected chi connectivity index (χ3v) is 5.03. The first-order valence-corrected chi connectivity index (χ1v) is 7.31. The first-order chi connectivity index (χ1) is 7.63. The van der Waals surface area contributed by atoms with Crippen molar-refractivity contribution in [1.29, 1.82) is 0 Å². The lowest BCUT2D eigenvalue weighted by molar-refractivity contribution is 0.0963. The maximum Gasteiger partial charge on any atom is 0.00975 e. The first kappa shape index (κ1) is 12.4. The number of hydrogen-bond acceptors (Lipinski definition) is 1. The Morgan fingerprint density at radius 1 is 1.19 bits per heavy atom. The van der Waals surface area contributed by atoms with Crippen molar-refractivity contribution in [3.63, 3.8) is 0 Å². The van der Waals surface area contributed by atoms with Crippen molar-refractivity contribution in [3.05, 3.63) is 0 Å². The van der Waals surface area contributed by atoms with E-state index in [9.17, 15) is 0 Å². The van der Waals surface area contributed by atoms with Crippen molar-refractivity contribution in [2.24, 2.45) is 17.3 Å². The zero-order chi connectivity index (χ0) is 11.6. The predicted octanol–water partition coefficient (Wildman–Crippen LogP) is 3.98. The minimum atomic E-state index is 0.565. The van der Waals surface area contributed by atoms with Gasteiger partial charge in [0.2, 0.25) is 0 Å². The molecule has 1 nitrogen and oxygen atoms in total. The van der Waals surface area contributed by atoms with Gasteiger partial charge in [-0.3, -0.25) is 0 Å². The fourth-order valence-electron chi connectivity index (χ4n) is 3.64. The fourth-order valence-corrected chi connectivity index (χ4v) is 3.64. The molecule has 0 bridgehead atoms. The highest BCUT2D eigenvalue weighted by molar-refractivity contribution is 4.90. The summed E-state index contributed by atoms with van der Waals surface area (Å²) >= 11 is 0. The van der Waals surface area contributed by atoms with Crippen LogP contribution >= 0.6 is 0 Å². The molecule has 94 valence electrons. The molecular formula is C15H29N. The highest BCUT2D eigenvalue weighted by Crippen LogP contribution is 2.44. The Hall–Kier alpha value is -0.0400. The van der Waals surface area contributed by atoms with Gasteiger partial charge in [-0.25, -0.2) is 0 Å². The fraction of sp³-hybridized carbons (Fsp3) is 1.00. The van der Waals surface area contributed by atoms with Gasteiger partial charge < -0.3 is 5.32 Å². The summed E-state index contributed by atoms with van der Waals surface area (Å²) in [4.78, 5) is 0. The first-order valence-electron chi connectivity index (χ1n) is 7.31. The Labute approximate surface area is 101 Å². The Morgan fingerprint density at radius 2 is 1.94 bits per heavy atom. The zero-order valence-electron chi connectivity index (χ0n) is 11.4. The largest absolute Gasteiger partial charge is 0.317 e. The molecule has 2 aliphatic carbocycles. The molecule has 0 heterocycles. The number of nitrogens with one attached hydrogen (secondary N) is 1. The summed E-state index contributed by atoms with van der Waals surface area (Å²) < 4.78 is 0. The predicted molar refractivity (Wildman–Crippen MR) is 70.5 cm³/mol. The minimum absolute atomic E-state index is 0.565. The Balaban J connectivity index is 1.89. The van der Waals surface area contributed by atoms with E-state index in [0.717, 1.165) is 17.9 Å². The van der Waals surface area contributed by atoms with E-state index in [2.05, 4.69) is 26.2 Å². The molecule has 0 aromatic carbocycles. The highest BCUT2D eigenvalue weighted by Gasteiger charge is 2.37. The van der Waals surface area contributed by atoms with Crippen molar-refractivity contribution >= 4 is 0 Å². The topological polar surface area (TPSA) is 12.0 Å². The van der Waals surface area contributed by atoms with Crippen LogP contribution in [0.5, 0.6) is 0 Å². The van der Waals surface area contributed by atoms with Crippen LogP contribution in [-0.4, -0.2) is 13.1 Å². The van der Waals surface area contributed by atoms with Crippen molar-refractivity contribution in [2.75, 3.05) is 7.05 Å². The van der Waals surface area contributed by atoms with Crippen LogP contribution in [0.1, 0.15) is 65.2 Å². The highest BCUT2D eigenvalue weighted by atomic mass is 14.9. The van der Waals surface area contributed by atoms with E-state index in [-0.39, 0.29) is 0 Å². The SMILES string of the molecule is CNC(CCC1CC1)C1CCCCC1(C)C. The normalized spacial score (nSPS) is 31.3. The van der Waals surface area contributed by atoms with Crippen LogP contribution in [0, 0.1) is 17.3 Å². The van der Waals surface area contributed by atoms with Crippen LogP contribution in [0.4, 0.5) is 0 Å². The molecule has 1 N–H and O–H groups in total. The van der Waals surface area contributed by atoms with Crippen molar-refractivity contribution in [3.8, 4) is 0 Å². The molecule has 16 heavy (non-hydrogen) atoms. The molecule has 2 rings (SSSR count). The lowest BCUT2D eigenvalue weighted by Crippen LogP contribution is -2.43. The van der Waals surface area contributed by atoms with Gasteiger partial charge in [0.25, 0.3) is 0 Å². The van der Waals surface area contributed by atoms with Crippen LogP contribution in [0.15, 0.2) is 0 Å². The van der Waals surface area contributed by atoms with Crippen molar-refractivity contribution < 1.29 is 0 Å². The van der Waals surface area contributed by atoms with E-state index in [1.807, 2.05) is 0 Å². The molecule has 2 aliphatic rings. The smallest absolute Gasteiger partial charge is 0.00975 e. The van der Waals surface area contributed by atoms with E-state index in [1.54, 1.807) is 0 Å². The number of rotatable bonds is 5. The molecule has 0 radical (unpaired) electrons. The quantitative estimate of drug-likeness (QED) is 0.743. The van der Waals surface area contributed by atoms with E-state index in [0.29, 0.717) is 5.41 Å². The molecule has 0 spiro atoms. The van der Waals surface area contributed by atoms with Gasteiger partial charge in [-0.15, -0.1) is 0 Å². The molecule has 2 atom stereocenters. The van der Waals surface area contributed by atoms with Crippen LogP contribution in [0.2, 0.25) is 0 Å². The van der Waals surface area contributed by atoms with E-state index < -0.39 is 0 Å². The van der Waals surface area contributed by atoms with E-state index >= 15 is 0 Å². The molecule has 0 saturated heterocycles. The lowest BCUT2D eigenvalue weighted by atomic mass is 9.65. The van der Waals surface area contributed by atoms with Crippen molar-refractivity contribution in [2.45, 2.75) is 71.3 Å². The van der Waals surface area contributed by atoms with Gasteiger partial charge in [0.15, 0.2) is 0 Å². The van der Waals surface area contributed by atoms with Gasteiger partial charge in [-0.05, 0) is 50.0 Å². The lowest BCUT2D eigenvalue weighted by Gasteiger charge is -2.43. The Bertz CT molecular complexity index is 217. The van der Waals surface area contributed by atoms with Crippen LogP contribution in [-0.2, 0) is 0 Å². The second-order valence-electron chi connectivity index (χ2n) is 6.76. The summed E-state index contributed by atoms with van der Waals surface area (Å²) in [6.45, 7) is 4.97. The zero-order valence-corrected chi connectivity index (χ0v) is 11.4. The molecule has 2 unspecified atom stereocenters. The summed E-state index contributed by atoms with van der Waals surface area (Å²) in [6.07, 6.45) is 11.7. The summed E-state index contributed by atoms with van der Waals surface area (Å²) in [6, 6.07) is 0.774. The third-order valence-electron chi connectivity index (χ3n) is 5.03. The van der Waals surface area contributed by atoms with Gasteiger partial charge in [-0.1, -0.05) is 39.5 Å². The molecule has 2 saturated carbocycles. The maximum absolute atomic E-state index is 3.61. The Morgan fingerprint density at radius 3 is 2.50 bits per heavy atom. The van der Waals surface area contributed by atoms with Gasteiger partial charge in [-0.2, -0.15) is 0 Å². The second-order valence-corrected chi connectivity index (χ2v) is 6.76. The molecule has 0 amide bonds. The maximum atomic E-state index is 3.61. The molecule has 1 heteroatoms. The van der Waals surface area contributed by atoms with E-state index in [1.165, 1.54) is 51.4 Å². The van der Waals surface area contributed by atoms with Gasteiger partial charge in [0.1, 0.15) is 0 Å². The minimum Gasteiger partial charge on any atom is -0.317 e. The van der Waals surface area contributed by atoms with Gasteiger partial charge in [0.05, 0.1) is 0 Å². The second kappa shape index (κ2) is 5.08. The average Bonchev–Trinajstić information content (AvgIpc) is 3.04. The van der Waals surface area contributed by atoms with Gasteiger partial charge in [0, 0.05) is 6.04 Å². The van der Waals surface area contributed by atoms with E-state index in [4.69, 9.17) is 0 Å². The molecule has 0 aliphatic heterocycles. The standard InChI is InChI=1S/C15H29N/c1-15(2)11-5-4-6-13(15)14(16-3)10-9-12-7-8-12/h12-14,16H,4-11H2,1-3H3. The van der Waals surface area contributed by atoms with Gasteiger partial charge >= 0.3 is 0 Å². The molecule has 0 aromatic heterocycles. The summed E-state index contributed by atoms with van der Waals surface area (Å²) in [7, 11) is 2.17. The van der Waals surface area contributed by atoms with Crippen LogP contribution in [0.25, 0.3) is 0 Å². The molecular weight excluding hydrogens is 194 g/mol. The summed E-state index contributed by atoms with van der Waals surface area (Å²) in [5.74, 6) is 1.99. The monoisotopic (exact) mass is 223 g/mol. The molecule has 0 aromatic rings. The third kappa shape index (κ3) is 3.00. The summed E-state index contributed by atoms with van der Waals surface area (Å²) in [5, 5.41) is 3.61. The van der Waals surface area contributed by atoms with Crippen LogP contribution in [0.3, 0.4) is 0 Å². The summed E-state index contributed by atoms with van der Waals surface area (Å²) in [5.41, 5.74) is 0.565. The average molecular weight is 223 g/mol. The Kier molecular flexibility index (Phi) is 3.94. The molecule has 2 fully saturated rings. The van der Waals surface area contributed by atoms with Crippen LogP contribution < -0.4 is 5.32 Å². The number of hydrogen-bond donors (Lipinski definition) is 1. The van der Waals surface area contributed by atoms with Crippen molar-refractivity contribution in [1.82, 2.24) is 5.32 Å².